The minimum absolute atomic E-state index is 0.00447. The molecule has 6 heteroatoms. The van der Waals surface area contributed by atoms with Crippen molar-refractivity contribution >= 4 is 11.4 Å². The number of hydrogen-bond acceptors (Lipinski definition) is 3. The summed E-state index contributed by atoms with van der Waals surface area (Å²) in [4.78, 5) is 18.1. The summed E-state index contributed by atoms with van der Waals surface area (Å²) in [6.07, 6.45) is 5.12. The predicted molar refractivity (Wildman–Crippen MR) is 140 cm³/mol. The highest BCUT2D eigenvalue weighted by Gasteiger charge is 2.26. The van der Waals surface area contributed by atoms with Crippen molar-refractivity contribution in [3.8, 4) is 17.0 Å². The first-order valence-electron chi connectivity index (χ1n) is 12.3. The number of phenolic OH excluding ortho intramolecular Hbond substituents is 1. The topological polar surface area (TPSA) is 55.1 Å². The van der Waals surface area contributed by atoms with Gasteiger partial charge in [0.25, 0.3) is 0 Å². The van der Waals surface area contributed by atoms with Crippen molar-refractivity contribution in [1.29, 1.82) is 0 Å². The average Bonchev–Trinajstić information content (AvgIpc) is 3.41. The van der Waals surface area contributed by atoms with Crippen molar-refractivity contribution in [3.05, 3.63) is 113 Å². The molecule has 0 spiro atoms. The van der Waals surface area contributed by atoms with Gasteiger partial charge < -0.3 is 9.67 Å². The minimum atomic E-state index is -0.646. The normalized spacial score (nSPS) is 13.4. The molecule has 0 saturated heterocycles. The Morgan fingerprint density at radius 1 is 1.05 bits per heavy atom. The molecule has 0 bridgehead atoms. The molecule has 4 aromatic rings. The SMILES string of the molecule is Cc1ccc(-c2c(C(CC(=O)CC3=CCc4ccc(O)cc43)Cc3cc(F)cc(F)c3)ncn2C)cc1. The van der Waals surface area contributed by atoms with Gasteiger partial charge in [0.05, 0.1) is 17.7 Å². The largest absolute Gasteiger partial charge is 0.508 e. The molecule has 0 amide bonds. The van der Waals surface area contributed by atoms with Gasteiger partial charge in [-0.3, -0.25) is 4.79 Å². The van der Waals surface area contributed by atoms with Crippen LogP contribution in [-0.2, 0) is 24.7 Å². The standard InChI is InChI=1S/C31H28F2N2O2/c1-19-3-5-22(6-4-19)31-30(34-18-35(31)2)24(11-20-12-25(32)16-26(33)13-20)15-28(37)14-23-8-7-21-9-10-27(36)17-29(21)23/h3-6,8-10,12-13,16-18,24,36H,7,11,14-15H2,1-2H3. The lowest BCUT2D eigenvalue weighted by atomic mass is 9.87. The summed E-state index contributed by atoms with van der Waals surface area (Å²) in [6, 6.07) is 16.8. The highest BCUT2D eigenvalue weighted by Crippen LogP contribution is 2.36. The molecule has 0 saturated carbocycles. The third-order valence-electron chi connectivity index (χ3n) is 6.95. The summed E-state index contributed by atoms with van der Waals surface area (Å²) in [7, 11) is 1.90. The maximum Gasteiger partial charge on any atom is 0.137 e. The maximum absolute atomic E-state index is 14.0. The molecular formula is C31H28F2N2O2. The number of aryl methyl sites for hydroxylation is 2. The van der Waals surface area contributed by atoms with Crippen molar-refractivity contribution in [2.45, 2.75) is 38.5 Å². The average molecular weight is 499 g/mol. The second-order valence-electron chi connectivity index (χ2n) is 9.83. The van der Waals surface area contributed by atoms with Crippen LogP contribution in [-0.4, -0.2) is 20.4 Å². The van der Waals surface area contributed by atoms with Gasteiger partial charge in [0, 0.05) is 37.4 Å². The van der Waals surface area contributed by atoms with E-state index >= 15 is 0 Å². The van der Waals surface area contributed by atoms with E-state index in [2.05, 4.69) is 4.98 Å². The van der Waals surface area contributed by atoms with E-state index in [0.717, 1.165) is 51.7 Å². The summed E-state index contributed by atoms with van der Waals surface area (Å²) < 4.78 is 30.0. The van der Waals surface area contributed by atoms with Crippen molar-refractivity contribution in [2.24, 2.45) is 7.05 Å². The molecule has 1 aliphatic carbocycles. The minimum Gasteiger partial charge on any atom is -0.508 e. The fourth-order valence-electron chi connectivity index (χ4n) is 5.20. The number of rotatable bonds is 8. The van der Waals surface area contributed by atoms with Crippen LogP contribution in [0.5, 0.6) is 5.75 Å². The number of halogens is 2. The molecule has 37 heavy (non-hydrogen) atoms. The molecule has 0 fully saturated rings. The number of carbonyl (C=O) groups is 1. The Bertz CT molecular complexity index is 1480. The first-order valence-corrected chi connectivity index (χ1v) is 12.3. The quantitative estimate of drug-likeness (QED) is 0.294. The first-order chi connectivity index (χ1) is 17.8. The Morgan fingerprint density at radius 3 is 2.51 bits per heavy atom. The number of aromatic nitrogens is 2. The zero-order valence-electron chi connectivity index (χ0n) is 20.8. The molecule has 4 nitrogen and oxygen atoms in total. The van der Waals surface area contributed by atoms with Gasteiger partial charge in [-0.1, -0.05) is 42.0 Å². The molecule has 1 unspecified atom stereocenters. The molecule has 1 heterocycles. The second-order valence-corrected chi connectivity index (χ2v) is 9.83. The number of aromatic hydroxyl groups is 1. The molecule has 0 radical (unpaired) electrons. The summed E-state index contributed by atoms with van der Waals surface area (Å²) in [5, 5.41) is 9.93. The Morgan fingerprint density at radius 2 is 1.78 bits per heavy atom. The summed E-state index contributed by atoms with van der Waals surface area (Å²) >= 11 is 0. The van der Waals surface area contributed by atoms with E-state index in [1.54, 1.807) is 18.5 Å². The number of imidazole rings is 1. The molecule has 3 aromatic carbocycles. The number of phenols is 1. The summed E-state index contributed by atoms with van der Waals surface area (Å²) in [6.45, 7) is 2.02. The van der Waals surface area contributed by atoms with Crippen LogP contribution in [0, 0.1) is 18.6 Å². The third kappa shape index (κ3) is 5.38. The van der Waals surface area contributed by atoms with E-state index in [9.17, 15) is 18.7 Å². The number of benzene rings is 3. The van der Waals surface area contributed by atoms with Crippen molar-refractivity contribution < 1.29 is 18.7 Å². The number of nitrogens with zero attached hydrogens (tertiary/aromatic N) is 2. The van der Waals surface area contributed by atoms with E-state index in [4.69, 9.17) is 0 Å². The van der Waals surface area contributed by atoms with Crippen LogP contribution in [0.2, 0.25) is 0 Å². The fourth-order valence-corrected chi connectivity index (χ4v) is 5.20. The van der Waals surface area contributed by atoms with Gasteiger partial charge in [0.1, 0.15) is 23.2 Å². The zero-order chi connectivity index (χ0) is 26.1. The lowest BCUT2D eigenvalue weighted by Crippen LogP contribution is -2.13. The third-order valence-corrected chi connectivity index (χ3v) is 6.95. The first kappa shape index (κ1) is 24.6. The predicted octanol–water partition coefficient (Wildman–Crippen LogP) is 6.69. The van der Waals surface area contributed by atoms with Crippen LogP contribution < -0.4 is 0 Å². The highest BCUT2D eigenvalue weighted by molar-refractivity contribution is 5.92. The van der Waals surface area contributed by atoms with Crippen LogP contribution >= 0.6 is 0 Å². The number of carbonyl (C=O) groups excluding carboxylic acids is 1. The maximum atomic E-state index is 14.0. The number of allylic oxidation sites excluding steroid dienone is 2. The lowest BCUT2D eigenvalue weighted by molar-refractivity contribution is -0.118. The summed E-state index contributed by atoms with van der Waals surface area (Å²) in [5.74, 6) is -1.50. The van der Waals surface area contributed by atoms with E-state index < -0.39 is 11.6 Å². The van der Waals surface area contributed by atoms with Crippen LogP contribution in [0.25, 0.3) is 16.8 Å². The Balaban J connectivity index is 1.47. The van der Waals surface area contributed by atoms with Gasteiger partial charge >= 0.3 is 0 Å². The Labute approximate surface area is 214 Å². The number of ketones is 1. The number of fused-ring (bicyclic) bond motifs is 1. The molecule has 0 aliphatic heterocycles. The van der Waals surface area contributed by atoms with Crippen LogP contribution in [0.1, 0.15) is 46.7 Å². The molecule has 1 aliphatic rings. The Hall–Kier alpha value is -4.06. The molecule has 188 valence electrons. The van der Waals surface area contributed by atoms with E-state index in [0.29, 0.717) is 5.56 Å². The molecule has 5 rings (SSSR count). The Kier molecular flexibility index (Phi) is 6.74. The van der Waals surface area contributed by atoms with Crippen molar-refractivity contribution in [2.75, 3.05) is 0 Å². The zero-order valence-corrected chi connectivity index (χ0v) is 20.8. The van der Waals surface area contributed by atoms with Gasteiger partial charge in [0.2, 0.25) is 0 Å². The van der Waals surface area contributed by atoms with Gasteiger partial charge in [-0.2, -0.15) is 0 Å². The van der Waals surface area contributed by atoms with E-state index in [-0.39, 0.29) is 36.7 Å². The van der Waals surface area contributed by atoms with Gasteiger partial charge in [-0.05, 0) is 66.3 Å². The summed E-state index contributed by atoms with van der Waals surface area (Å²) in [5.41, 5.74) is 7.05. The second kappa shape index (κ2) is 10.1. The molecule has 1 aromatic heterocycles. The van der Waals surface area contributed by atoms with Crippen LogP contribution in [0.3, 0.4) is 0 Å². The van der Waals surface area contributed by atoms with E-state index in [1.165, 1.54) is 12.1 Å². The van der Waals surface area contributed by atoms with Gasteiger partial charge in [0.15, 0.2) is 0 Å². The number of hydrogen-bond donors (Lipinski definition) is 1. The number of Topliss-reactive ketones (excluding diaryl/α,β-unsaturated/α-hetero) is 1. The lowest BCUT2D eigenvalue weighted by Gasteiger charge is -2.18. The molecule has 1 N–H and O–H groups in total. The monoisotopic (exact) mass is 498 g/mol. The molecule has 1 atom stereocenters. The van der Waals surface area contributed by atoms with Crippen LogP contribution in [0.4, 0.5) is 8.78 Å². The van der Waals surface area contributed by atoms with Crippen LogP contribution in [0.15, 0.2) is 73.1 Å². The fraction of sp³-hybridized carbons (Fsp3) is 0.226. The van der Waals surface area contributed by atoms with Gasteiger partial charge in [-0.25, -0.2) is 13.8 Å². The van der Waals surface area contributed by atoms with E-state index in [1.807, 2.05) is 54.9 Å². The smallest absolute Gasteiger partial charge is 0.137 e. The molecular weight excluding hydrogens is 470 g/mol. The van der Waals surface area contributed by atoms with Crippen molar-refractivity contribution in [1.82, 2.24) is 9.55 Å². The van der Waals surface area contributed by atoms with Crippen molar-refractivity contribution in [3.63, 3.8) is 0 Å². The van der Waals surface area contributed by atoms with Gasteiger partial charge in [-0.15, -0.1) is 0 Å². The highest BCUT2D eigenvalue weighted by atomic mass is 19.1.